The Bertz CT molecular complexity index is 241. The second kappa shape index (κ2) is 9.01. The first-order valence-electron chi connectivity index (χ1n) is 8.99. The summed E-state index contributed by atoms with van der Waals surface area (Å²) < 4.78 is 0. The molecule has 0 aliphatic carbocycles. The molecule has 2 heterocycles. The largest absolute Gasteiger partial charge is 0.303 e. The lowest BCUT2D eigenvalue weighted by molar-refractivity contribution is 0.0945. The van der Waals surface area contributed by atoms with Crippen LogP contribution in [-0.2, 0) is 0 Å². The van der Waals surface area contributed by atoms with Crippen LogP contribution >= 0.6 is 0 Å². The van der Waals surface area contributed by atoms with Gasteiger partial charge in [-0.3, -0.25) is 0 Å². The molecule has 0 radical (unpaired) electrons. The van der Waals surface area contributed by atoms with Crippen LogP contribution in [0.3, 0.4) is 0 Å². The van der Waals surface area contributed by atoms with Crippen LogP contribution < -0.4 is 0 Å². The molecule has 0 saturated carbocycles. The summed E-state index contributed by atoms with van der Waals surface area (Å²) in [6, 6.07) is 0. The van der Waals surface area contributed by atoms with Gasteiger partial charge in [0.1, 0.15) is 0 Å². The molecular formula is C17H35N3. The quantitative estimate of drug-likeness (QED) is 0.710. The molecule has 20 heavy (non-hydrogen) atoms. The third-order valence-electron chi connectivity index (χ3n) is 5.06. The van der Waals surface area contributed by atoms with E-state index in [0.717, 1.165) is 5.92 Å². The van der Waals surface area contributed by atoms with Gasteiger partial charge in [0.25, 0.3) is 0 Å². The van der Waals surface area contributed by atoms with Gasteiger partial charge in [0.05, 0.1) is 0 Å². The van der Waals surface area contributed by atoms with E-state index in [0.29, 0.717) is 0 Å². The van der Waals surface area contributed by atoms with Gasteiger partial charge in [-0.25, -0.2) is 0 Å². The maximum Gasteiger partial charge on any atom is 0.0110 e. The fraction of sp³-hybridized carbons (Fsp3) is 1.00. The minimum absolute atomic E-state index is 0.963. The normalized spacial score (nSPS) is 24.3. The summed E-state index contributed by atoms with van der Waals surface area (Å²) in [5.41, 5.74) is 0. The minimum Gasteiger partial charge on any atom is -0.303 e. The lowest BCUT2D eigenvalue weighted by Gasteiger charge is -2.38. The van der Waals surface area contributed by atoms with E-state index < -0.39 is 0 Å². The molecule has 0 aromatic heterocycles. The summed E-state index contributed by atoms with van der Waals surface area (Å²) in [4.78, 5) is 8.03. The summed E-state index contributed by atoms with van der Waals surface area (Å²) in [5, 5.41) is 0. The molecule has 3 nitrogen and oxygen atoms in total. The second-order valence-electron chi connectivity index (χ2n) is 6.78. The van der Waals surface area contributed by atoms with Crippen molar-refractivity contribution in [2.75, 3.05) is 58.9 Å². The topological polar surface area (TPSA) is 9.72 Å². The van der Waals surface area contributed by atoms with Crippen LogP contribution in [0, 0.1) is 5.92 Å². The van der Waals surface area contributed by atoms with E-state index in [1.165, 1.54) is 91.0 Å². The van der Waals surface area contributed by atoms with Crippen LogP contribution in [0.1, 0.15) is 46.0 Å². The zero-order valence-corrected chi connectivity index (χ0v) is 13.8. The maximum atomic E-state index is 2.72. The van der Waals surface area contributed by atoms with Gasteiger partial charge in [0, 0.05) is 32.7 Å². The van der Waals surface area contributed by atoms with Crippen LogP contribution in [-0.4, -0.2) is 73.6 Å². The van der Waals surface area contributed by atoms with E-state index in [1.54, 1.807) is 0 Å². The first kappa shape index (κ1) is 16.3. The van der Waals surface area contributed by atoms with Gasteiger partial charge >= 0.3 is 0 Å². The molecule has 0 amide bonds. The van der Waals surface area contributed by atoms with Gasteiger partial charge in [-0.1, -0.05) is 20.3 Å². The predicted molar refractivity (Wildman–Crippen MR) is 87.2 cm³/mol. The Kier molecular flexibility index (Phi) is 7.32. The molecule has 0 bridgehead atoms. The number of hydrogen-bond acceptors (Lipinski definition) is 3. The van der Waals surface area contributed by atoms with Gasteiger partial charge in [-0.2, -0.15) is 0 Å². The van der Waals surface area contributed by atoms with E-state index in [9.17, 15) is 0 Å². The maximum absolute atomic E-state index is 2.72. The van der Waals surface area contributed by atoms with Crippen LogP contribution in [0.25, 0.3) is 0 Å². The molecule has 2 aliphatic rings. The predicted octanol–water partition coefficient (Wildman–Crippen LogP) is 2.53. The highest BCUT2D eigenvalue weighted by Crippen LogP contribution is 2.19. The number of piperazine rings is 1. The molecule has 0 unspecified atom stereocenters. The van der Waals surface area contributed by atoms with Crippen LogP contribution in [0.5, 0.6) is 0 Å². The molecule has 0 aromatic carbocycles. The number of likely N-dealkylation sites (tertiary alicyclic amines) is 1. The van der Waals surface area contributed by atoms with E-state index in [2.05, 4.69) is 28.5 Å². The first-order valence-corrected chi connectivity index (χ1v) is 8.99. The summed E-state index contributed by atoms with van der Waals surface area (Å²) in [6.45, 7) is 16.5. The Morgan fingerprint density at radius 3 is 1.90 bits per heavy atom. The van der Waals surface area contributed by atoms with Crippen molar-refractivity contribution in [1.82, 2.24) is 14.7 Å². The number of piperidine rings is 1. The Morgan fingerprint density at radius 1 is 0.700 bits per heavy atom. The van der Waals surface area contributed by atoms with Gasteiger partial charge in [-0.05, 0) is 57.8 Å². The van der Waals surface area contributed by atoms with Gasteiger partial charge in [0.15, 0.2) is 0 Å². The standard InChI is InChI=1S/C17H35N3/c1-3-5-9-19-12-14-20(15-13-19)16-17-6-10-18(8-4-2)11-7-17/h17H,3-16H2,1-2H3. The molecule has 0 aromatic rings. The Hall–Kier alpha value is -0.120. The molecule has 2 aliphatic heterocycles. The lowest BCUT2D eigenvalue weighted by Crippen LogP contribution is -2.48. The zero-order chi connectivity index (χ0) is 14.2. The first-order chi connectivity index (χ1) is 9.81. The summed E-state index contributed by atoms with van der Waals surface area (Å²) in [5.74, 6) is 0.963. The molecule has 0 spiro atoms. The van der Waals surface area contributed by atoms with E-state index >= 15 is 0 Å². The smallest absolute Gasteiger partial charge is 0.0110 e. The average Bonchev–Trinajstić information content (AvgIpc) is 2.49. The SMILES string of the molecule is CCCCN1CCN(CC2CCN(CCC)CC2)CC1. The third kappa shape index (κ3) is 5.34. The molecule has 2 rings (SSSR count). The Balaban J connectivity index is 1.59. The average molecular weight is 281 g/mol. The van der Waals surface area contributed by atoms with Crippen molar-refractivity contribution < 1.29 is 0 Å². The Labute approximate surface area is 126 Å². The molecule has 2 saturated heterocycles. The van der Waals surface area contributed by atoms with Crippen LogP contribution in [0.4, 0.5) is 0 Å². The van der Waals surface area contributed by atoms with Crippen molar-refractivity contribution in [2.45, 2.75) is 46.0 Å². The lowest BCUT2D eigenvalue weighted by atomic mass is 9.96. The van der Waals surface area contributed by atoms with Gasteiger partial charge < -0.3 is 14.7 Å². The van der Waals surface area contributed by atoms with Crippen LogP contribution in [0.2, 0.25) is 0 Å². The highest BCUT2D eigenvalue weighted by molar-refractivity contribution is 4.78. The minimum atomic E-state index is 0.963. The van der Waals surface area contributed by atoms with Crippen molar-refractivity contribution in [3.63, 3.8) is 0 Å². The zero-order valence-electron chi connectivity index (χ0n) is 13.8. The third-order valence-corrected chi connectivity index (χ3v) is 5.06. The van der Waals surface area contributed by atoms with Gasteiger partial charge in [0.2, 0.25) is 0 Å². The molecule has 3 heteroatoms. The van der Waals surface area contributed by atoms with Crippen molar-refractivity contribution in [3.05, 3.63) is 0 Å². The summed E-state index contributed by atoms with van der Waals surface area (Å²) in [7, 11) is 0. The van der Waals surface area contributed by atoms with Gasteiger partial charge in [-0.15, -0.1) is 0 Å². The molecule has 0 N–H and O–H groups in total. The molecule has 2 fully saturated rings. The summed E-state index contributed by atoms with van der Waals surface area (Å²) in [6.07, 6.45) is 6.86. The van der Waals surface area contributed by atoms with E-state index in [1.807, 2.05) is 0 Å². The summed E-state index contributed by atoms with van der Waals surface area (Å²) >= 11 is 0. The molecular weight excluding hydrogens is 246 g/mol. The van der Waals surface area contributed by atoms with Crippen molar-refractivity contribution in [1.29, 1.82) is 0 Å². The number of hydrogen-bond donors (Lipinski definition) is 0. The second-order valence-corrected chi connectivity index (χ2v) is 6.78. The number of unbranched alkanes of at least 4 members (excludes halogenated alkanes) is 1. The van der Waals surface area contributed by atoms with E-state index in [-0.39, 0.29) is 0 Å². The van der Waals surface area contributed by atoms with Crippen molar-refractivity contribution in [2.24, 2.45) is 5.92 Å². The fourth-order valence-corrected chi connectivity index (χ4v) is 3.65. The molecule has 0 atom stereocenters. The van der Waals surface area contributed by atoms with Crippen LogP contribution in [0.15, 0.2) is 0 Å². The van der Waals surface area contributed by atoms with Crippen molar-refractivity contribution >= 4 is 0 Å². The van der Waals surface area contributed by atoms with E-state index in [4.69, 9.17) is 0 Å². The highest BCUT2D eigenvalue weighted by Gasteiger charge is 2.23. The monoisotopic (exact) mass is 281 g/mol. The number of rotatable bonds is 7. The Morgan fingerprint density at radius 2 is 1.30 bits per heavy atom. The highest BCUT2D eigenvalue weighted by atomic mass is 15.3. The number of nitrogens with zero attached hydrogens (tertiary/aromatic N) is 3. The van der Waals surface area contributed by atoms with Crippen molar-refractivity contribution in [3.8, 4) is 0 Å². The fourth-order valence-electron chi connectivity index (χ4n) is 3.65. The molecule has 118 valence electrons.